The molecular weight excluding hydrogens is 340 g/mol. The molecule has 3 aromatic rings. The van der Waals surface area contributed by atoms with Gasteiger partial charge in [-0.1, -0.05) is 11.8 Å². The second kappa shape index (κ2) is 7.35. The van der Waals surface area contributed by atoms with E-state index in [4.69, 9.17) is 4.74 Å². The summed E-state index contributed by atoms with van der Waals surface area (Å²) in [5.41, 5.74) is 1.30. The first-order valence-electron chi connectivity index (χ1n) is 7.51. The molecule has 0 radical (unpaired) electrons. The maximum atomic E-state index is 12.6. The minimum atomic E-state index is -0.366. The Morgan fingerprint density at radius 2 is 1.84 bits per heavy atom. The molecule has 3 rings (SSSR count). The Morgan fingerprint density at radius 3 is 2.48 bits per heavy atom. The smallest absolute Gasteiger partial charge is 0.214 e. The van der Waals surface area contributed by atoms with Crippen molar-refractivity contribution in [2.75, 3.05) is 7.11 Å². The number of ketones is 1. The lowest BCUT2D eigenvalue weighted by Crippen LogP contribution is -2.14. The van der Waals surface area contributed by atoms with Crippen LogP contribution in [0.2, 0.25) is 0 Å². The summed E-state index contributed by atoms with van der Waals surface area (Å²) in [5.74, 6) is 0.843. The fraction of sp³-hybridized carbons (Fsp3) is 0.176. The molecule has 0 saturated heterocycles. The van der Waals surface area contributed by atoms with E-state index in [2.05, 4.69) is 15.5 Å². The van der Waals surface area contributed by atoms with Crippen molar-refractivity contribution in [1.29, 1.82) is 0 Å². The maximum Gasteiger partial charge on any atom is 0.214 e. The van der Waals surface area contributed by atoms with Crippen molar-refractivity contribution in [3.63, 3.8) is 0 Å². The van der Waals surface area contributed by atoms with E-state index in [1.165, 1.54) is 16.4 Å². The number of benzene rings is 2. The molecule has 1 aromatic heterocycles. The Bertz CT molecular complexity index is 862. The van der Waals surface area contributed by atoms with Crippen molar-refractivity contribution in [1.82, 2.24) is 20.2 Å². The largest absolute Gasteiger partial charge is 0.508 e. The highest BCUT2D eigenvalue weighted by Crippen LogP contribution is 2.26. The Kier molecular flexibility index (Phi) is 4.99. The van der Waals surface area contributed by atoms with Gasteiger partial charge in [0.05, 0.1) is 18.0 Å². The molecular formula is C17H16N4O3S. The zero-order valence-corrected chi connectivity index (χ0v) is 14.5. The molecule has 0 aliphatic rings. The molecule has 0 fully saturated rings. The third kappa shape index (κ3) is 3.80. The fourth-order valence-corrected chi connectivity index (χ4v) is 3.09. The van der Waals surface area contributed by atoms with Crippen LogP contribution in [-0.4, -0.2) is 43.5 Å². The average Bonchev–Trinajstić information content (AvgIpc) is 3.10. The molecule has 0 spiro atoms. The molecule has 0 saturated carbocycles. The number of nitrogens with zero attached hydrogens (tertiary/aromatic N) is 4. The van der Waals surface area contributed by atoms with Crippen LogP contribution in [-0.2, 0) is 0 Å². The monoisotopic (exact) mass is 356 g/mol. The molecule has 128 valence electrons. The number of aromatic nitrogens is 4. The number of ether oxygens (including phenoxy) is 1. The van der Waals surface area contributed by atoms with Gasteiger partial charge in [-0.05, 0) is 65.9 Å². The van der Waals surface area contributed by atoms with Crippen molar-refractivity contribution in [3.8, 4) is 17.2 Å². The molecule has 1 atom stereocenters. The number of methoxy groups -OCH3 is 1. The van der Waals surface area contributed by atoms with E-state index < -0.39 is 0 Å². The van der Waals surface area contributed by atoms with Crippen LogP contribution >= 0.6 is 11.8 Å². The number of hydrogen-bond acceptors (Lipinski definition) is 7. The normalized spacial score (nSPS) is 11.9. The van der Waals surface area contributed by atoms with Gasteiger partial charge in [-0.2, -0.15) is 4.68 Å². The van der Waals surface area contributed by atoms with E-state index in [1.54, 1.807) is 55.6 Å². The maximum absolute atomic E-state index is 12.6. The van der Waals surface area contributed by atoms with Gasteiger partial charge in [0.2, 0.25) is 5.16 Å². The van der Waals surface area contributed by atoms with E-state index in [1.807, 2.05) is 6.92 Å². The van der Waals surface area contributed by atoms with Crippen molar-refractivity contribution in [2.45, 2.75) is 17.3 Å². The molecule has 0 aliphatic carbocycles. The van der Waals surface area contributed by atoms with E-state index >= 15 is 0 Å². The van der Waals surface area contributed by atoms with Gasteiger partial charge in [0.15, 0.2) is 5.78 Å². The Morgan fingerprint density at radius 1 is 1.16 bits per heavy atom. The summed E-state index contributed by atoms with van der Waals surface area (Å²) in [6, 6.07) is 13.5. The molecule has 1 N–H and O–H groups in total. The Balaban J connectivity index is 1.77. The summed E-state index contributed by atoms with van der Waals surface area (Å²) in [7, 11) is 1.58. The highest BCUT2D eigenvalue weighted by Gasteiger charge is 2.20. The SMILES string of the molecule is COc1ccc(C(=O)[C@@H](C)Sc2nnnn2-c2ccc(O)cc2)cc1. The second-order valence-electron chi connectivity index (χ2n) is 5.24. The average molecular weight is 356 g/mol. The number of carbonyl (C=O) groups is 1. The van der Waals surface area contributed by atoms with Gasteiger partial charge in [-0.3, -0.25) is 4.79 Å². The molecule has 1 heterocycles. The lowest BCUT2D eigenvalue weighted by molar-refractivity contribution is 0.0994. The summed E-state index contributed by atoms with van der Waals surface area (Å²) in [6.45, 7) is 1.81. The predicted octanol–water partition coefficient (Wildman–Crippen LogP) is 2.74. The van der Waals surface area contributed by atoms with Crippen LogP contribution < -0.4 is 4.74 Å². The van der Waals surface area contributed by atoms with E-state index in [0.29, 0.717) is 22.2 Å². The van der Waals surface area contributed by atoms with E-state index in [-0.39, 0.29) is 16.8 Å². The van der Waals surface area contributed by atoms with Crippen LogP contribution in [0.1, 0.15) is 17.3 Å². The summed E-state index contributed by atoms with van der Waals surface area (Å²) in [5, 5.41) is 21.1. The zero-order valence-electron chi connectivity index (χ0n) is 13.7. The van der Waals surface area contributed by atoms with Crippen molar-refractivity contribution >= 4 is 17.5 Å². The first-order chi connectivity index (χ1) is 12.1. The first kappa shape index (κ1) is 17.0. The highest BCUT2D eigenvalue weighted by molar-refractivity contribution is 8.00. The van der Waals surface area contributed by atoms with Crippen LogP contribution in [0.4, 0.5) is 0 Å². The summed E-state index contributed by atoms with van der Waals surface area (Å²) in [6.07, 6.45) is 0. The molecule has 2 aromatic carbocycles. The highest BCUT2D eigenvalue weighted by atomic mass is 32.2. The lowest BCUT2D eigenvalue weighted by atomic mass is 10.1. The Labute approximate surface area is 148 Å². The number of rotatable bonds is 6. The minimum Gasteiger partial charge on any atom is -0.508 e. The van der Waals surface area contributed by atoms with Crippen LogP contribution in [0.5, 0.6) is 11.5 Å². The van der Waals surface area contributed by atoms with Gasteiger partial charge in [-0.25, -0.2) is 0 Å². The lowest BCUT2D eigenvalue weighted by Gasteiger charge is -2.10. The third-order valence-corrected chi connectivity index (χ3v) is 4.59. The topological polar surface area (TPSA) is 90.1 Å². The van der Waals surface area contributed by atoms with Gasteiger partial charge >= 0.3 is 0 Å². The number of phenols is 1. The number of hydrogen-bond donors (Lipinski definition) is 1. The van der Waals surface area contributed by atoms with Crippen LogP contribution in [0, 0.1) is 0 Å². The number of thioether (sulfide) groups is 1. The van der Waals surface area contributed by atoms with Crippen molar-refractivity contribution < 1.29 is 14.6 Å². The summed E-state index contributed by atoms with van der Waals surface area (Å²) in [4.78, 5) is 12.6. The standard InChI is InChI=1S/C17H16N4O3S/c1-11(16(23)12-3-9-15(24-2)10-4-12)25-17-18-19-20-21(17)13-5-7-14(22)8-6-13/h3-11,22H,1-2H3/t11-/m1/s1. The molecule has 7 nitrogen and oxygen atoms in total. The van der Waals surface area contributed by atoms with E-state index in [9.17, 15) is 9.90 Å². The molecule has 0 bridgehead atoms. The van der Waals surface area contributed by atoms with Crippen LogP contribution in [0.3, 0.4) is 0 Å². The molecule has 0 unspecified atom stereocenters. The van der Waals surface area contributed by atoms with Gasteiger partial charge in [0, 0.05) is 5.56 Å². The minimum absolute atomic E-state index is 0.0205. The van der Waals surface area contributed by atoms with Gasteiger partial charge < -0.3 is 9.84 Å². The van der Waals surface area contributed by atoms with Gasteiger partial charge in [0.1, 0.15) is 11.5 Å². The molecule has 0 amide bonds. The predicted molar refractivity (Wildman–Crippen MR) is 93.5 cm³/mol. The molecule has 8 heteroatoms. The van der Waals surface area contributed by atoms with Gasteiger partial charge in [0.25, 0.3) is 0 Å². The van der Waals surface area contributed by atoms with Crippen LogP contribution in [0.25, 0.3) is 5.69 Å². The Hall–Kier alpha value is -2.87. The number of phenolic OH excluding ortho intramolecular Hbond substituents is 1. The number of carbonyl (C=O) groups excluding carboxylic acids is 1. The summed E-state index contributed by atoms with van der Waals surface area (Å²) < 4.78 is 6.63. The van der Waals surface area contributed by atoms with Crippen molar-refractivity contribution in [2.24, 2.45) is 0 Å². The van der Waals surface area contributed by atoms with Crippen molar-refractivity contribution in [3.05, 3.63) is 54.1 Å². The number of Topliss-reactive ketones (excluding diaryl/α,β-unsaturated/α-hetero) is 1. The quantitative estimate of drug-likeness (QED) is 0.536. The van der Waals surface area contributed by atoms with E-state index in [0.717, 1.165) is 0 Å². The first-order valence-corrected chi connectivity index (χ1v) is 8.39. The third-order valence-electron chi connectivity index (χ3n) is 3.56. The second-order valence-corrected chi connectivity index (χ2v) is 6.55. The summed E-state index contributed by atoms with van der Waals surface area (Å²) >= 11 is 1.27. The van der Waals surface area contributed by atoms with Gasteiger partial charge in [-0.15, -0.1) is 5.10 Å². The molecule has 25 heavy (non-hydrogen) atoms. The zero-order chi connectivity index (χ0) is 17.8. The number of aromatic hydroxyl groups is 1. The number of tetrazole rings is 1. The molecule has 0 aliphatic heterocycles. The fourth-order valence-electron chi connectivity index (χ4n) is 2.21. The van der Waals surface area contributed by atoms with Crippen LogP contribution in [0.15, 0.2) is 53.7 Å².